The fraction of sp³-hybridized carbons (Fsp3) is 0.400. The molecular formula is C15H21N3O2. The number of furan rings is 1. The van der Waals surface area contributed by atoms with Gasteiger partial charge in [0, 0.05) is 24.0 Å². The van der Waals surface area contributed by atoms with Gasteiger partial charge in [0.15, 0.2) is 5.76 Å². The zero-order valence-electron chi connectivity index (χ0n) is 12.0. The molecule has 3 N–H and O–H groups in total. The molecule has 1 amide bonds. The van der Waals surface area contributed by atoms with Crippen LogP contribution < -0.4 is 11.1 Å². The topological polar surface area (TPSA) is 71.5 Å². The van der Waals surface area contributed by atoms with E-state index >= 15 is 0 Å². The van der Waals surface area contributed by atoms with Crippen LogP contribution in [0.3, 0.4) is 0 Å². The first-order valence-electron chi connectivity index (χ1n) is 6.77. The Labute approximate surface area is 118 Å². The number of amides is 1. The molecule has 0 bridgehead atoms. The van der Waals surface area contributed by atoms with Crippen LogP contribution in [0.1, 0.15) is 22.5 Å². The second kappa shape index (κ2) is 6.54. The summed E-state index contributed by atoms with van der Waals surface area (Å²) < 4.78 is 5.72. The van der Waals surface area contributed by atoms with Crippen molar-refractivity contribution >= 4 is 16.9 Å². The van der Waals surface area contributed by atoms with Crippen LogP contribution in [0, 0.1) is 0 Å². The summed E-state index contributed by atoms with van der Waals surface area (Å²) in [7, 11) is 3.94. The molecule has 2 rings (SSSR count). The molecule has 5 nitrogen and oxygen atoms in total. The van der Waals surface area contributed by atoms with E-state index in [4.69, 9.17) is 10.2 Å². The SMILES string of the molecule is CN(C)Cc1c(C(=O)NCCCN)oc2ccccc12. The smallest absolute Gasteiger partial charge is 0.287 e. The van der Waals surface area contributed by atoms with Gasteiger partial charge in [-0.15, -0.1) is 0 Å². The average molecular weight is 275 g/mol. The molecule has 0 atom stereocenters. The lowest BCUT2D eigenvalue weighted by Crippen LogP contribution is -2.27. The Hall–Kier alpha value is -1.85. The molecule has 20 heavy (non-hydrogen) atoms. The molecule has 0 aliphatic rings. The highest BCUT2D eigenvalue weighted by molar-refractivity contribution is 5.99. The second-order valence-corrected chi connectivity index (χ2v) is 5.04. The van der Waals surface area contributed by atoms with E-state index < -0.39 is 0 Å². The van der Waals surface area contributed by atoms with Gasteiger partial charge in [0.05, 0.1) is 0 Å². The minimum atomic E-state index is -0.175. The molecule has 0 aliphatic carbocycles. The Balaban J connectivity index is 2.33. The molecule has 2 aromatic rings. The number of para-hydroxylation sites is 1. The third kappa shape index (κ3) is 3.18. The molecule has 0 aliphatic heterocycles. The van der Waals surface area contributed by atoms with E-state index in [1.165, 1.54) is 0 Å². The maximum absolute atomic E-state index is 12.2. The van der Waals surface area contributed by atoms with Gasteiger partial charge < -0.3 is 20.4 Å². The molecule has 0 radical (unpaired) electrons. The molecule has 1 aromatic heterocycles. The lowest BCUT2D eigenvalue weighted by Gasteiger charge is -2.10. The van der Waals surface area contributed by atoms with Gasteiger partial charge in [0.1, 0.15) is 5.58 Å². The van der Waals surface area contributed by atoms with Crippen LogP contribution in [0.2, 0.25) is 0 Å². The highest BCUT2D eigenvalue weighted by atomic mass is 16.3. The van der Waals surface area contributed by atoms with E-state index in [0.29, 0.717) is 25.4 Å². The highest BCUT2D eigenvalue weighted by Crippen LogP contribution is 2.26. The van der Waals surface area contributed by atoms with Crippen molar-refractivity contribution in [3.63, 3.8) is 0 Å². The third-order valence-electron chi connectivity index (χ3n) is 3.05. The largest absolute Gasteiger partial charge is 0.451 e. The van der Waals surface area contributed by atoms with E-state index in [9.17, 15) is 4.79 Å². The minimum absolute atomic E-state index is 0.175. The molecule has 108 valence electrons. The van der Waals surface area contributed by atoms with Gasteiger partial charge in [-0.2, -0.15) is 0 Å². The van der Waals surface area contributed by atoms with Crippen LogP contribution in [0.25, 0.3) is 11.0 Å². The first kappa shape index (κ1) is 14.6. The number of hydrogen-bond acceptors (Lipinski definition) is 4. The summed E-state index contributed by atoms with van der Waals surface area (Å²) in [5.41, 5.74) is 7.10. The summed E-state index contributed by atoms with van der Waals surface area (Å²) in [6.07, 6.45) is 0.759. The first-order chi connectivity index (χ1) is 9.63. The fourth-order valence-electron chi connectivity index (χ4n) is 2.14. The van der Waals surface area contributed by atoms with Crippen molar-refractivity contribution in [1.82, 2.24) is 10.2 Å². The number of carbonyl (C=O) groups excluding carboxylic acids is 1. The maximum atomic E-state index is 12.2. The van der Waals surface area contributed by atoms with Gasteiger partial charge in [-0.3, -0.25) is 4.79 Å². The lowest BCUT2D eigenvalue weighted by molar-refractivity contribution is 0.0925. The van der Waals surface area contributed by atoms with Gasteiger partial charge in [-0.1, -0.05) is 18.2 Å². The number of rotatable bonds is 6. The number of benzene rings is 1. The van der Waals surface area contributed by atoms with Gasteiger partial charge in [0.25, 0.3) is 5.91 Å². The van der Waals surface area contributed by atoms with Crippen molar-refractivity contribution < 1.29 is 9.21 Å². The third-order valence-corrected chi connectivity index (χ3v) is 3.05. The molecule has 0 spiro atoms. The fourth-order valence-corrected chi connectivity index (χ4v) is 2.14. The van der Waals surface area contributed by atoms with E-state index in [1.54, 1.807) is 0 Å². The van der Waals surface area contributed by atoms with Crippen LogP contribution >= 0.6 is 0 Å². The molecular weight excluding hydrogens is 254 g/mol. The summed E-state index contributed by atoms with van der Waals surface area (Å²) >= 11 is 0. The van der Waals surface area contributed by atoms with Crippen LogP contribution in [0.5, 0.6) is 0 Å². The standard InChI is InChI=1S/C15H21N3O2/c1-18(2)10-12-11-6-3-4-7-13(11)20-14(12)15(19)17-9-5-8-16/h3-4,6-7H,5,8-10,16H2,1-2H3,(H,17,19). The Morgan fingerprint density at radius 2 is 2.10 bits per heavy atom. The van der Waals surface area contributed by atoms with Gasteiger partial charge in [-0.05, 0) is 33.1 Å². The molecule has 0 saturated carbocycles. The number of carbonyl (C=O) groups is 1. The van der Waals surface area contributed by atoms with Crippen molar-refractivity contribution in [3.8, 4) is 0 Å². The van der Waals surface area contributed by atoms with Crippen LogP contribution in [0.15, 0.2) is 28.7 Å². The Morgan fingerprint density at radius 1 is 1.35 bits per heavy atom. The number of nitrogens with zero attached hydrogens (tertiary/aromatic N) is 1. The Morgan fingerprint density at radius 3 is 2.80 bits per heavy atom. The van der Waals surface area contributed by atoms with Crippen molar-refractivity contribution in [2.75, 3.05) is 27.2 Å². The summed E-state index contributed by atoms with van der Waals surface area (Å²) in [5, 5.41) is 3.83. The normalized spacial score (nSPS) is 11.2. The number of nitrogens with one attached hydrogen (secondary N) is 1. The lowest BCUT2D eigenvalue weighted by atomic mass is 10.1. The van der Waals surface area contributed by atoms with E-state index in [0.717, 1.165) is 23.0 Å². The van der Waals surface area contributed by atoms with Gasteiger partial charge >= 0.3 is 0 Å². The number of nitrogens with two attached hydrogens (primary N) is 1. The van der Waals surface area contributed by atoms with E-state index in [-0.39, 0.29) is 5.91 Å². The van der Waals surface area contributed by atoms with Crippen molar-refractivity contribution in [3.05, 3.63) is 35.6 Å². The summed E-state index contributed by atoms with van der Waals surface area (Å²) in [6, 6.07) is 7.72. The number of fused-ring (bicyclic) bond motifs is 1. The molecule has 0 fully saturated rings. The van der Waals surface area contributed by atoms with E-state index in [1.807, 2.05) is 43.3 Å². The van der Waals surface area contributed by atoms with Crippen molar-refractivity contribution in [2.24, 2.45) is 5.73 Å². The van der Waals surface area contributed by atoms with Crippen LogP contribution in [-0.4, -0.2) is 38.0 Å². The molecule has 5 heteroatoms. The molecule has 0 saturated heterocycles. The highest BCUT2D eigenvalue weighted by Gasteiger charge is 2.20. The van der Waals surface area contributed by atoms with Crippen LogP contribution in [0.4, 0.5) is 0 Å². The predicted molar refractivity (Wildman–Crippen MR) is 79.6 cm³/mol. The average Bonchev–Trinajstić information content (AvgIpc) is 2.77. The maximum Gasteiger partial charge on any atom is 0.287 e. The quantitative estimate of drug-likeness (QED) is 0.785. The Bertz CT molecular complexity index is 590. The molecule has 1 heterocycles. The van der Waals surface area contributed by atoms with Crippen LogP contribution in [-0.2, 0) is 6.54 Å². The minimum Gasteiger partial charge on any atom is -0.451 e. The summed E-state index contributed by atoms with van der Waals surface area (Å²) in [6.45, 7) is 1.79. The zero-order valence-corrected chi connectivity index (χ0v) is 12.0. The second-order valence-electron chi connectivity index (χ2n) is 5.04. The molecule has 1 aromatic carbocycles. The summed E-state index contributed by atoms with van der Waals surface area (Å²) in [5.74, 6) is 0.225. The summed E-state index contributed by atoms with van der Waals surface area (Å²) in [4.78, 5) is 14.2. The monoisotopic (exact) mass is 275 g/mol. The first-order valence-corrected chi connectivity index (χ1v) is 6.77. The van der Waals surface area contributed by atoms with Crippen molar-refractivity contribution in [2.45, 2.75) is 13.0 Å². The Kier molecular flexibility index (Phi) is 4.76. The van der Waals surface area contributed by atoms with Gasteiger partial charge in [0.2, 0.25) is 0 Å². The molecule has 0 unspecified atom stereocenters. The number of hydrogen-bond donors (Lipinski definition) is 2. The van der Waals surface area contributed by atoms with E-state index in [2.05, 4.69) is 5.32 Å². The predicted octanol–water partition coefficient (Wildman–Crippen LogP) is 1.57. The van der Waals surface area contributed by atoms with Gasteiger partial charge in [-0.25, -0.2) is 0 Å². The van der Waals surface area contributed by atoms with Crippen molar-refractivity contribution in [1.29, 1.82) is 0 Å². The zero-order chi connectivity index (χ0) is 14.5.